The van der Waals surface area contributed by atoms with Crippen LogP contribution in [0, 0.1) is 5.82 Å². The summed E-state index contributed by atoms with van der Waals surface area (Å²) < 4.78 is 79.9. The number of halogens is 4. The summed E-state index contributed by atoms with van der Waals surface area (Å²) in [5.41, 5.74) is -4.07. The number of rotatable bonds is 6. The Morgan fingerprint density at radius 3 is 2.52 bits per heavy atom. The van der Waals surface area contributed by atoms with E-state index in [2.05, 4.69) is 15.6 Å². The van der Waals surface area contributed by atoms with E-state index >= 15 is 0 Å². The average Bonchev–Trinajstić information content (AvgIpc) is 2.67. The lowest BCUT2D eigenvalue weighted by Gasteiger charge is -2.32. The lowest BCUT2D eigenvalue weighted by atomic mass is 10.1. The van der Waals surface area contributed by atoms with E-state index in [0.29, 0.717) is 22.4 Å². The van der Waals surface area contributed by atoms with E-state index in [4.69, 9.17) is 4.74 Å². The summed E-state index contributed by atoms with van der Waals surface area (Å²) in [5.74, 6) is 0.0541. The smallest absolute Gasteiger partial charge is 0.380 e. The minimum Gasteiger partial charge on any atom is -0.380 e. The van der Waals surface area contributed by atoms with Crippen molar-refractivity contribution >= 4 is 16.0 Å². The summed E-state index contributed by atoms with van der Waals surface area (Å²) in [6, 6.07) is 4.41. The minimum atomic E-state index is -5.30. The zero-order valence-electron chi connectivity index (χ0n) is 16.1. The molecule has 164 valence electrons. The normalized spacial score (nSPS) is 17.4. The van der Waals surface area contributed by atoms with E-state index < -0.39 is 15.5 Å². The van der Waals surface area contributed by atoms with Gasteiger partial charge in [0.05, 0.1) is 6.61 Å². The van der Waals surface area contributed by atoms with Gasteiger partial charge in [-0.1, -0.05) is 6.07 Å². The number of guanidine groups is 1. The molecule has 1 heterocycles. The minimum absolute atomic E-state index is 0.145. The molecule has 1 aromatic carbocycles. The molecule has 1 aromatic rings. The number of benzene rings is 1. The second-order valence-corrected chi connectivity index (χ2v) is 8.48. The fraction of sp³-hybridized carbons (Fsp3) is 0.588. The highest BCUT2D eigenvalue weighted by molar-refractivity contribution is 7.90. The molecule has 7 nitrogen and oxygen atoms in total. The summed E-state index contributed by atoms with van der Waals surface area (Å²) in [6.07, 6.45) is 0.426. The lowest BCUT2D eigenvalue weighted by Crippen LogP contribution is -2.51. The number of aliphatic imine (C=N–C) groups is 1. The predicted molar refractivity (Wildman–Crippen MR) is 100 cm³/mol. The van der Waals surface area contributed by atoms with Gasteiger partial charge in [0.25, 0.3) is 0 Å². The van der Waals surface area contributed by atoms with Gasteiger partial charge in [0.15, 0.2) is 5.96 Å². The molecule has 1 aliphatic rings. The second-order valence-electron chi connectivity index (χ2n) is 6.55. The fourth-order valence-electron chi connectivity index (χ4n) is 2.96. The molecule has 1 saturated heterocycles. The van der Waals surface area contributed by atoms with Crippen molar-refractivity contribution < 1.29 is 30.7 Å². The molecule has 0 aliphatic carbocycles. The Labute approximate surface area is 167 Å². The molecule has 0 amide bonds. The molecule has 0 aromatic heterocycles. The number of hydrogen-bond donors (Lipinski definition) is 2. The Morgan fingerprint density at radius 2 is 1.97 bits per heavy atom. The third-order valence-corrected chi connectivity index (χ3v) is 6.15. The summed E-state index contributed by atoms with van der Waals surface area (Å²) in [6.45, 7) is 0.0354. The maximum Gasteiger partial charge on any atom is 0.511 e. The lowest BCUT2D eigenvalue weighted by molar-refractivity contribution is -0.0494. The first-order chi connectivity index (χ1) is 13.6. The van der Waals surface area contributed by atoms with Crippen molar-refractivity contribution in [2.45, 2.75) is 37.5 Å². The zero-order valence-corrected chi connectivity index (χ0v) is 16.9. The molecule has 0 unspecified atom stereocenters. The third-order valence-electron chi connectivity index (χ3n) is 4.52. The van der Waals surface area contributed by atoms with Gasteiger partial charge in [0.2, 0.25) is 0 Å². The molecule has 2 N–H and O–H groups in total. The Hall–Kier alpha value is -1.92. The van der Waals surface area contributed by atoms with Crippen LogP contribution in [-0.2, 0) is 27.9 Å². The predicted octanol–water partition coefficient (Wildman–Crippen LogP) is 1.95. The number of methoxy groups -OCH3 is 1. The largest absolute Gasteiger partial charge is 0.511 e. The molecule has 12 heteroatoms. The molecule has 0 atom stereocenters. The molecule has 0 bridgehead atoms. The van der Waals surface area contributed by atoms with Crippen molar-refractivity contribution in [3.8, 4) is 0 Å². The zero-order chi connectivity index (χ0) is 21.7. The molecule has 2 rings (SSSR count). The Morgan fingerprint density at radius 1 is 1.31 bits per heavy atom. The summed E-state index contributed by atoms with van der Waals surface area (Å²) in [7, 11) is -2.28. The van der Waals surface area contributed by atoms with Gasteiger partial charge >= 0.3 is 15.5 Å². The van der Waals surface area contributed by atoms with Crippen LogP contribution in [0.3, 0.4) is 0 Å². The van der Waals surface area contributed by atoms with Gasteiger partial charge < -0.3 is 15.4 Å². The van der Waals surface area contributed by atoms with Crippen LogP contribution in [-0.4, -0.2) is 57.5 Å². The van der Waals surface area contributed by atoms with E-state index in [1.165, 1.54) is 13.2 Å². The van der Waals surface area contributed by atoms with Crippen molar-refractivity contribution in [2.24, 2.45) is 4.99 Å². The Balaban J connectivity index is 1.88. The first-order valence-corrected chi connectivity index (χ1v) is 10.3. The van der Waals surface area contributed by atoms with Crippen LogP contribution in [0.5, 0.6) is 0 Å². The van der Waals surface area contributed by atoms with Crippen molar-refractivity contribution in [3.63, 3.8) is 0 Å². The van der Waals surface area contributed by atoms with Crippen LogP contribution in [0.25, 0.3) is 0 Å². The maximum absolute atomic E-state index is 13.7. The molecule has 1 aliphatic heterocycles. The standard InChI is InChI=1S/C17H24F4N4O3S/c1-22-16(23-10-12-3-4-15(18)13(9-12)11-28-2)24-14-5-7-25(8-6-14)29(26,27)17(19,20)21/h3-4,9,14H,5-8,10-11H2,1-2H3,(H2,22,23,24). The second kappa shape index (κ2) is 9.72. The highest BCUT2D eigenvalue weighted by Crippen LogP contribution is 2.28. The van der Waals surface area contributed by atoms with Crippen LogP contribution >= 0.6 is 0 Å². The van der Waals surface area contributed by atoms with Gasteiger partial charge in [-0.05, 0) is 30.5 Å². The number of ether oxygens (including phenoxy) is 1. The highest BCUT2D eigenvalue weighted by atomic mass is 32.2. The number of nitrogens with one attached hydrogen (secondary N) is 2. The molecular weight excluding hydrogens is 416 g/mol. The maximum atomic E-state index is 13.7. The first kappa shape index (κ1) is 23.4. The topological polar surface area (TPSA) is 83.0 Å². The van der Waals surface area contributed by atoms with Crippen LogP contribution in [0.2, 0.25) is 0 Å². The van der Waals surface area contributed by atoms with Gasteiger partial charge in [-0.15, -0.1) is 0 Å². The van der Waals surface area contributed by atoms with Crippen LogP contribution in [0.1, 0.15) is 24.0 Å². The van der Waals surface area contributed by atoms with Crippen molar-refractivity contribution in [3.05, 3.63) is 35.1 Å². The molecule has 0 radical (unpaired) electrons. The number of sulfonamides is 1. The van der Waals surface area contributed by atoms with Gasteiger partial charge in [-0.2, -0.15) is 17.5 Å². The van der Waals surface area contributed by atoms with Crippen molar-refractivity contribution in [1.82, 2.24) is 14.9 Å². The fourth-order valence-corrected chi connectivity index (χ4v) is 3.95. The van der Waals surface area contributed by atoms with E-state index in [1.807, 2.05) is 0 Å². The third kappa shape index (κ3) is 6.03. The number of alkyl halides is 3. The number of piperidine rings is 1. The van der Waals surface area contributed by atoms with Crippen molar-refractivity contribution in [2.75, 3.05) is 27.2 Å². The van der Waals surface area contributed by atoms with E-state index in [0.717, 1.165) is 5.56 Å². The molecule has 29 heavy (non-hydrogen) atoms. The summed E-state index contributed by atoms with van der Waals surface area (Å²) in [4.78, 5) is 4.06. The molecular formula is C17H24F4N4O3S. The summed E-state index contributed by atoms with van der Waals surface area (Å²) >= 11 is 0. The molecule has 1 fully saturated rings. The van der Waals surface area contributed by atoms with Gasteiger partial charge in [-0.3, -0.25) is 4.99 Å². The van der Waals surface area contributed by atoms with Crippen molar-refractivity contribution in [1.29, 1.82) is 0 Å². The van der Waals surface area contributed by atoms with E-state index in [1.54, 1.807) is 19.2 Å². The molecule has 0 saturated carbocycles. The van der Waals surface area contributed by atoms with Crippen LogP contribution in [0.15, 0.2) is 23.2 Å². The first-order valence-electron chi connectivity index (χ1n) is 8.88. The van der Waals surface area contributed by atoms with E-state index in [-0.39, 0.29) is 44.4 Å². The summed E-state index contributed by atoms with van der Waals surface area (Å²) in [5, 5.41) is 6.13. The van der Waals surface area contributed by atoms with Crippen LogP contribution < -0.4 is 10.6 Å². The highest BCUT2D eigenvalue weighted by Gasteiger charge is 2.50. The Kier molecular flexibility index (Phi) is 7.83. The van der Waals surface area contributed by atoms with Gasteiger partial charge in [0.1, 0.15) is 5.82 Å². The monoisotopic (exact) mass is 440 g/mol. The SMILES string of the molecule is CN=C(NCc1ccc(F)c(COC)c1)NC1CCN(S(=O)(=O)C(F)(F)F)CC1. The van der Waals surface area contributed by atoms with Gasteiger partial charge in [0, 0.05) is 45.4 Å². The van der Waals surface area contributed by atoms with E-state index in [9.17, 15) is 26.0 Å². The number of hydrogen-bond acceptors (Lipinski definition) is 4. The Bertz CT molecular complexity index is 822. The number of nitrogens with zero attached hydrogens (tertiary/aromatic N) is 2. The quantitative estimate of drug-likeness (QED) is 0.402. The van der Waals surface area contributed by atoms with Gasteiger partial charge in [-0.25, -0.2) is 12.8 Å². The average molecular weight is 440 g/mol. The van der Waals surface area contributed by atoms with Crippen LogP contribution in [0.4, 0.5) is 17.6 Å². The molecule has 0 spiro atoms.